The molecule has 0 saturated heterocycles. The predicted molar refractivity (Wildman–Crippen MR) is 83.2 cm³/mol. The predicted octanol–water partition coefficient (Wildman–Crippen LogP) is 3.51. The Labute approximate surface area is 124 Å². The van der Waals surface area contributed by atoms with Gasteiger partial charge >= 0.3 is 0 Å². The number of rotatable bonds is 3. The summed E-state index contributed by atoms with van der Waals surface area (Å²) < 4.78 is 27.8. The smallest absolute Gasteiger partial charge is 0.272 e. The number of benzene rings is 1. The molecule has 2 aromatic rings. The Morgan fingerprint density at radius 3 is 2.47 bits per heavy atom. The number of nitrogens with one attached hydrogen (secondary N) is 1. The minimum Gasteiger partial charge on any atom is -0.397 e. The van der Waals surface area contributed by atoms with Gasteiger partial charge in [-0.2, -0.15) is 0 Å². The van der Waals surface area contributed by atoms with Crippen molar-refractivity contribution in [1.29, 1.82) is 0 Å². The highest BCUT2D eigenvalue weighted by Gasteiger charge is 2.20. The van der Waals surface area contributed by atoms with E-state index < -0.39 is 10.0 Å². The molecule has 102 valence electrons. The molecule has 4 nitrogen and oxygen atoms in total. The molecule has 1 heterocycles. The lowest BCUT2D eigenvalue weighted by atomic mass is 10.1. The minimum absolute atomic E-state index is 0.241. The van der Waals surface area contributed by atoms with Gasteiger partial charge in [0.2, 0.25) is 0 Å². The minimum atomic E-state index is -3.61. The van der Waals surface area contributed by atoms with E-state index >= 15 is 0 Å². The summed E-state index contributed by atoms with van der Waals surface area (Å²) >= 11 is 4.37. The summed E-state index contributed by atoms with van der Waals surface area (Å²) in [6.45, 7) is 3.84. The molecule has 2 rings (SSSR count). The van der Waals surface area contributed by atoms with Crippen molar-refractivity contribution in [2.24, 2.45) is 0 Å². The quantitative estimate of drug-likeness (QED) is 0.822. The van der Waals surface area contributed by atoms with Crippen LogP contribution >= 0.6 is 27.3 Å². The summed E-state index contributed by atoms with van der Waals surface area (Å²) in [5.74, 6) is 0. The van der Waals surface area contributed by atoms with Crippen molar-refractivity contribution in [2.75, 3.05) is 10.5 Å². The second-order valence-corrected chi connectivity index (χ2v) is 7.83. The van der Waals surface area contributed by atoms with Crippen LogP contribution in [-0.2, 0) is 10.0 Å². The molecule has 0 amide bonds. The zero-order valence-corrected chi connectivity index (χ0v) is 13.6. The summed E-state index contributed by atoms with van der Waals surface area (Å²) in [5, 5.41) is 1.71. The fourth-order valence-corrected chi connectivity index (χ4v) is 5.01. The summed E-state index contributed by atoms with van der Waals surface area (Å²) in [5.41, 5.74) is 8.68. The first-order chi connectivity index (χ1) is 8.81. The molecule has 1 aromatic heterocycles. The van der Waals surface area contributed by atoms with Gasteiger partial charge in [0, 0.05) is 4.47 Å². The number of aryl methyl sites for hydroxylation is 2. The number of thiophene rings is 1. The van der Waals surface area contributed by atoms with E-state index in [1.165, 1.54) is 0 Å². The van der Waals surface area contributed by atoms with Crippen LogP contribution in [0.4, 0.5) is 11.4 Å². The van der Waals surface area contributed by atoms with E-state index in [4.69, 9.17) is 5.73 Å². The average Bonchev–Trinajstić information content (AvgIpc) is 2.73. The Bertz CT molecular complexity index is 723. The summed E-state index contributed by atoms with van der Waals surface area (Å²) in [6, 6.07) is 5.20. The van der Waals surface area contributed by atoms with Crippen molar-refractivity contribution in [2.45, 2.75) is 18.1 Å². The van der Waals surface area contributed by atoms with Crippen molar-refractivity contribution >= 4 is 48.7 Å². The van der Waals surface area contributed by atoms with Gasteiger partial charge in [-0.05, 0) is 64.5 Å². The molecular formula is C12H13BrN2O2S2. The third kappa shape index (κ3) is 2.93. The van der Waals surface area contributed by atoms with Crippen LogP contribution in [-0.4, -0.2) is 8.42 Å². The largest absolute Gasteiger partial charge is 0.397 e. The lowest BCUT2D eigenvalue weighted by Gasteiger charge is -2.12. The highest BCUT2D eigenvalue weighted by molar-refractivity contribution is 9.10. The van der Waals surface area contributed by atoms with Crippen molar-refractivity contribution in [3.8, 4) is 0 Å². The number of halogens is 1. The van der Waals surface area contributed by atoms with Crippen LogP contribution in [0.25, 0.3) is 0 Å². The van der Waals surface area contributed by atoms with Gasteiger partial charge < -0.3 is 5.73 Å². The maximum Gasteiger partial charge on any atom is 0.272 e. The Balaban J connectivity index is 2.42. The number of sulfonamides is 1. The Morgan fingerprint density at radius 2 is 1.89 bits per heavy atom. The highest BCUT2D eigenvalue weighted by Crippen LogP contribution is 2.31. The first-order valence-corrected chi connectivity index (χ1v) is 8.59. The Morgan fingerprint density at radius 1 is 1.26 bits per heavy atom. The fraction of sp³-hybridized carbons (Fsp3) is 0.167. The summed E-state index contributed by atoms with van der Waals surface area (Å²) in [6.07, 6.45) is 0. The molecular weight excluding hydrogens is 348 g/mol. The van der Waals surface area contributed by atoms with Crippen molar-refractivity contribution < 1.29 is 8.42 Å². The van der Waals surface area contributed by atoms with Gasteiger partial charge in [-0.3, -0.25) is 4.72 Å². The van der Waals surface area contributed by atoms with Gasteiger partial charge in [0.25, 0.3) is 10.0 Å². The van der Waals surface area contributed by atoms with Crippen LogP contribution in [0.5, 0.6) is 0 Å². The van der Waals surface area contributed by atoms with Gasteiger partial charge in [0.15, 0.2) is 4.21 Å². The SMILES string of the molecule is Cc1cc(N)c(NS(=O)(=O)c2sccc2Br)cc1C. The molecule has 0 radical (unpaired) electrons. The van der Waals surface area contributed by atoms with E-state index in [1.807, 2.05) is 13.8 Å². The second kappa shape index (κ2) is 5.15. The van der Waals surface area contributed by atoms with Crippen molar-refractivity contribution in [1.82, 2.24) is 0 Å². The molecule has 7 heteroatoms. The highest BCUT2D eigenvalue weighted by atomic mass is 79.9. The lowest BCUT2D eigenvalue weighted by molar-refractivity contribution is 0.603. The number of anilines is 2. The van der Waals surface area contributed by atoms with Gasteiger partial charge in [0.1, 0.15) is 0 Å². The molecule has 3 N–H and O–H groups in total. The number of hydrogen-bond acceptors (Lipinski definition) is 4. The van der Waals surface area contributed by atoms with Crippen molar-refractivity contribution in [3.05, 3.63) is 39.2 Å². The molecule has 0 spiro atoms. The van der Waals surface area contributed by atoms with Gasteiger partial charge in [-0.1, -0.05) is 0 Å². The molecule has 1 aromatic carbocycles. The zero-order chi connectivity index (χ0) is 14.2. The maximum atomic E-state index is 12.2. The average molecular weight is 361 g/mol. The molecule has 19 heavy (non-hydrogen) atoms. The Hall–Kier alpha value is -1.05. The third-order valence-electron chi connectivity index (χ3n) is 2.74. The lowest BCUT2D eigenvalue weighted by Crippen LogP contribution is -2.13. The number of hydrogen-bond donors (Lipinski definition) is 2. The standard InChI is InChI=1S/C12H13BrN2O2S2/c1-7-5-10(14)11(6-8(7)2)15-19(16,17)12-9(13)3-4-18-12/h3-6,15H,14H2,1-2H3. The second-order valence-electron chi connectivity index (χ2n) is 4.19. The third-order valence-corrected chi connectivity index (χ3v) is 6.77. The van der Waals surface area contributed by atoms with Crippen LogP contribution in [0.2, 0.25) is 0 Å². The van der Waals surface area contributed by atoms with Crippen LogP contribution in [0, 0.1) is 13.8 Å². The summed E-state index contributed by atoms with van der Waals surface area (Å²) in [7, 11) is -3.61. The normalized spacial score (nSPS) is 11.5. The van der Waals surface area contributed by atoms with Gasteiger partial charge in [0.05, 0.1) is 11.4 Å². The first-order valence-electron chi connectivity index (χ1n) is 5.44. The molecule has 0 aliphatic carbocycles. The number of nitrogens with two attached hydrogens (primary N) is 1. The van der Waals surface area contributed by atoms with E-state index in [0.29, 0.717) is 15.8 Å². The maximum absolute atomic E-state index is 12.2. The van der Waals surface area contributed by atoms with E-state index in [2.05, 4.69) is 20.7 Å². The first kappa shape index (κ1) is 14.4. The van der Waals surface area contributed by atoms with Crippen molar-refractivity contribution in [3.63, 3.8) is 0 Å². The van der Waals surface area contributed by atoms with Gasteiger partial charge in [-0.15, -0.1) is 11.3 Å². The van der Waals surface area contributed by atoms with E-state index in [1.54, 1.807) is 23.6 Å². The van der Waals surface area contributed by atoms with E-state index in [9.17, 15) is 8.42 Å². The molecule has 0 aliphatic heterocycles. The molecule has 0 unspecified atom stereocenters. The van der Waals surface area contributed by atoms with Crippen LogP contribution < -0.4 is 10.5 Å². The topological polar surface area (TPSA) is 72.2 Å². The van der Waals surface area contributed by atoms with Crippen LogP contribution in [0.15, 0.2) is 32.3 Å². The van der Waals surface area contributed by atoms with Gasteiger partial charge in [-0.25, -0.2) is 8.42 Å². The van der Waals surface area contributed by atoms with Crippen LogP contribution in [0.1, 0.15) is 11.1 Å². The Kier molecular flexibility index (Phi) is 3.89. The van der Waals surface area contributed by atoms with E-state index in [0.717, 1.165) is 22.5 Å². The molecule has 0 saturated carbocycles. The van der Waals surface area contributed by atoms with E-state index in [-0.39, 0.29) is 4.21 Å². The number of nitrogen functional groups attached to an aromatic ring is 1. The molecule has 0 aliphatic rings. The molecule has 0 fully saturated rings. The molecule has 0 bridgehead atoms. The van der Waals surface area contributed by atoms with Crippen LogP contribution in [0.3, 0.4) is 0 Å². The monoisotopic (exact) mass is 360 g/mol. The summed E-state index contributed by atoms with van der Waals surface area (Å²) in [4.78, 5) is 0. The molecule has 0 atom stereocenters. The fourth-order valence-electron chi connectivity index (χ4n) is 1.59. The zero-order valence-electron chi connectivity index (χ0n) is 10.4.